The van der Waals surface area contributed by atoms with Crippen LogP contribution in [-0.2, 0) is 14.3 Å². The molecule has 8 nitrogen and oxygen atoms in total. The number of esters is 1. The standard InChI is InChI=1S/C18H17ClN2O6/c1-11-9-15(7-8-16(11)19)26-10-17(22)27-12(2)18(23)20-13-3-5-14(6-4-13)21(24)25/h3-9,12H,10H2,1-2H3,(H,20,23). The molecule has 1 atom stereocenters. The van der Waals surface area contributed by atoms with E-state index in [1.165, 1.54) is 31.2 Å². The van der Waals surface area contributed by atoms with Gasteiger partial charge in [-0.15, -0.1) is 0 Å². The lowest BCUT2D eigenvalue weighted by Gasteiger charge is -2.14. The molecule has 0 aliphatic carbocycles. The number of halogens is 1. The number of hydrogen-bond donors (Lipinski definition) is 1. The lowest BCUT2D eigenvalue weighted by molar-refractivity contribution is -0.384. The van der Waals surface area contributed by atoms with Crippen molar-refractivity contribution in [1.29, 1.82) is 0 Å². The molecule has 0 aromatic heterocycles. The number of non-ortho nitro benzene ring substituents is 1. The summed E-state index contributed by atoms with van der Waals surface area (Å²) in [7, 11) is 0. The van der Waals surface area contributed by atoms with Gasteiger partial charge in [0.15, 0.2) is 12.7 Å². The van der Waals surface area contributed by atoms with Crippen LogP contribution < -0.4 is 10.1 Å². The van der Waals surface area contributed by atoms with Crippen LogP contribution in [0.3, 0.4) is 0 Å². The number of ether oxygens (including phenoxy) is 2. The molecule has 2 rings (SSSR count). The maximum Gasteiger partial charge on any atom is 0.344 e. The highest BCUT2D eigenvalue weighted by molar-refractivity contribution is 6.31. The smallest absolute Gasteiger partial charge is 0.344 e. The van der Waals surface area contributed by atoms with Crippen LogP contribution in [0.15, 0.2) is 42.5 Å². The molecule has 0 fully saturated rings. The van der Waals surface area contributed by atoms with Gasteiger partial charge in [-0.05, 0) is 49.7 Å². The average molecular weight is 393 g/mol. The van der Waals surface area contributed by atoms with E-state index < -0.39 is 22.9 Å². The van der Waals surface area contributed by atoms with E-state index in [4.69, 9.17) is 21.1 Å². The highest BCUT2D eigenvalue weighted by Crippen LogP contribution is 2.21. The van der Waals surface area contributed by atoms with E-state index in [1.54, 1.807) is 25.1 Å². The van der Waals surface area contributed by atoms with Gasteiger partial charge in [-0.25, -0.2) is 4.79 Å². The molecule has 0 saturated carbocycles. The first kappa shape index (κ1) is 20.2. The monoisotopic (exact) mass is 392 g/mol. The number of rotatable bonds is 7. The molecule has 1 unspecified atom stereocenters. The van der Waals surface area contributed by atoms with E-state index in [0.717, 1.165) is 5.56 Å². The van der Waals surface area contributed by atoms with Crippen LogP contribution in [0.2, 0.25) is 5.02 Å². The fourth-order valence-electron chi connectivity index (χ4n) is 2.04. The van der Waals surface area contributed by atoms with Crippen LogP contribution in [0.4, 0.5) is 11.4 Å². The van der Waals surface area contributed by atoms with Gasteiger partial charge >= 0.3 is 5.97 Å². The van der Waals surface area contributed by atoms with E-state index in [-0.39, 0.29) is 12.3 Å². The van der Waals surface area contributed by atoms with Crippen molar-refractivity contribution in [1.82, 2.24) is 0 Å². The average Bonchev–Trinajstić information content (AvgIpc) is 2.63. The summed E-state index contributed by atoms with van der Waals surface area (Å²) in [6.07, 6.45) is -1.07. The molecule has 0 bridgehead atoms. The Hall–Kier alpha value is -3.13. The first-order valence-corrected chi connectivity index (χ1v) is 8.28. The summed E-state index contributed by atoms with van der Waals surface area (Å²) in [5.41, 5.74) is 1.06. The van der Waals surface area contributed by atoms with E-state index in [9.17, 15) is 19.7 Å². The zero-order valence-corrected chi connectivity index (χ0v) is 15.4. The Morgan fingerprint density at radius 1 is 1.22 bits per heavy atom. The lowest BCUT2D eigenvalue weighted by atomic mass is 10.2. The number of nitro benzene ring substituents is 1. The SMILES string of the molecule is Cc1cc(OCC(=O)OC(C)C(=O)Nc2ccc([N+](=O)[O-])cc2)ccc1Cl. The maximum atomic E-state index is 12.0. The zero-order chi connectivity index (χ0) is 20.0. The van der Waals surface area contributed by atoms with Crippen molar-refractivity contribution in [3.05, 3.63) is 63.2 Å². The number of aryl methyl sites for hydroxylation is 1. The van der Waals surface area contributed by atoms with Gasteiger partial charge in [0.1, 0.15) is 5.75 Å². The minimum absolute atomic E-state index is 0.0953. The van der Waals surface area contributed by atoms with Gasteiger partial charge in [0.05, 0.1) is 4.92 Å². The Morgan fingerprint density at radius 3 is 2.48 bits per heavy atom. The van der Waals surface area contributed by atoms with Gasteiger partial charge in [-0.2, -0.15) is 0 Å². The minimum atomic E-state index is -1.07. The highest BCUT2D eigenvalue weighted by atomic mass is 35.5. The van der Waals surface area contributed by atoms with Crippen molar-refractivity contribution in [2.45, 2.75) is 20.0 Å². The fourth-order valence-corrected chi connectivity index (χ4v) is 2.16. The maximum absolute atomic E-state index is 12.0. The van der Waals surface area contributed by atoms with Crippen molar-refractivity contribution in [2.24, 2.45) is 0 Å². The van der Waals surface area contributed by atoms with Crippen LogP contribution in [0.1, 0.15) is 12.5 Å². The van der Waals surface area contributed by atoms with E-state index >= 15 is 0 Å². The second-order valence-corrected chi connectivity index (χ2v) is 6.03. The second-order valence-electron chi connectivity index (χ2n) is 5.62. The molecular formula is C18H17ClN2O6. The van der Waals surface area contributed by atoms with Crippen molar-refractivity contribution in [3.8, 4) is 5.75 Å². The molecule has 1 amide bonds. The predicted octanol–water partition coefficient (Wildman–Crippen LogP) is 3.51. The predicted molar refractivity (Wildman–Crippen MR) is 99.0 cm³/mol. The third-order valence-electron chi connectivity index (χ3n) is 3.51. The summed E-state index contributed by atoms with van der Waals surface area (Å²) in [5, 5.41) is 13.7. The van der Waals surface area contributed by atoms with Crippen molar-refractivity contribution in [3.63, 3.8) is 0 Å². The Bertz CT molecular complexity index is 853. The van der Waals surface area contributed by atoms with Crippen LogP contribution in [0.25, 0.3) is 0 Å². The number of carbonyl (C=O) groups is 2. The molecule has 142 valence electrons. The van der Waals surface area contributed by atoms with E-state index in [2.05, 4.69) is 5.32 Å². The second kappa shape index (κ2) is 9.00. The van der Waals surface area contributed by atoms with Gasteiger partial charge in [0.25, 0.3) is 11.6 Å². The number of anilines is 1. The molecule has 0 spiro atoms. The Labute approximate surface area is 160 Å². The van der Waals surface area contributed by atoms with Gasteiger partial charge in [-0.3, -0.25) is 14.9 Å². The Morgan fingerprint density at radius 2 is 1.89 bits per heavy atom. The summed E-state index contributed by atoms with van der Waals surface area (Å²) in [6, 6.07) is 10.2. The summed E-state index contributed by atoms with van der Waals surface area (Å²) < 4.78 is 10.3. The molecule has 0 aliphatic rings. The number of nitro groups is 1. The van der Waals surface area contributed by atoms with Crippen LogP contribution >= 0.6 is 11.6 Å². The largest absolute Gasteiger partial charge is 0.482 e. The van der Waals surface area contributed by atoms with Gasteiger partial charge in [0.2, 0.25) is 0 Å². The summed E-state index contributed by atoms with van der Waals surface area (Å²) >= 11 is 5.91. The Kier molecular flexibility index (Phi) is 6.73. The number of hydrogen-bond acceptors (Lipinski definition) is 6. The number of nitrogens with zero attached hydrogens (tertiary/aromatic N) is 1. The third-order valence-corrected chi connectivity index (χ3v) is 3.93. The number of carbonyl (C=O) groups excluding carboxylic acids is 2. The lowest BCUT2D eigenvalue weighted by Crippen LogP contribution is -2.31. The highest BCUT2D eigenvalue weighted by Gasteiger charge is 2.18. The Balaban J connectivity index is 1.83. The molecule has 0 aliphatic heterocycles. The number of nitrogens with one attached hydrogen (secondary N) is 1. The summed E-state index contributed by atoms with van der Waals surface area (Å²) in [4.78, 5) is 33.9. The molecule has 0 saturated heterocycles. The molecule has 9 heteroatoms. The minimum Gasteiger partial charge on any atom is -0.482 e. The number of amides is 1. The molecular weight excluding hydrogens is 376 g/mol. The fraction of sp³-hybridized carbons (Fsp3) is 0.222. The van der Waals surface area contributed by atoms with Crippen molar-refractivity contribution < 1.29 is 24.0 Å². The topological polar surface area (TPSA) is 108 Å². The first-order valence-electron chi connectivity index (χ1n) is 7.90. The molecule has 0 radical (unpaired) electrons. The molecule has 2 aromatic rings. The van der Waals surface area contributed by atoms with Gasteiger partial charge in [0, 0.05) is 22.8 Å². The van der Waals surface area contributed by atoms with Crippen molar-refractivity contribution >= 4 is 34.9 Å². The van der Waals surface area contributed by atoms with Gasteiger partial charge in [-0.1, -0.05) is 11.6 Å². The van der Waals surface area contributed by atoms with E-state index in [1.807, 2.05) is 0 Å². The van der Waals surface area contributed by atoms with Crippen LogP contribution in [0.5, 0.6) is 5.75 Å². The van der Waals surface area contributed by atoms with Crippen LogP contribution in [0, 0.1) is 17.0 Å². The molecule has 1 N–H and O–H groups in total. The molecule has 0 heterocycles. The normalized spacial score (nSPS) is 11.4. The third kappa shape index (κ3) is 5.96. The van der Waals surface area contributed by atoms with E-state index in [0.29, 0.717) is 16.5 Å². The summed E-state index contributed by atoms with van der Waals surface area (Å²) in [6.45, 7) is 2.85. The van der Waals surface area contributed by atoms with Crippen molar-refractivity contribution in [2.75, 3.05) is 11.9 Å². The number of benzene rings is 2. The molecule has 27 heavy (non-hydrogen) atoms. The first-order chi connectivity index (χ1) is 12.8. The van der Waals surface area contributed by atoms with Crippen LogP contribution in [-0.4, -0.2) is 29.5 Å². The zero-order valence-electron chi connectivity index (χ0n) is 14.6. The quantitative estimate of drug-likeness (QED) is 0.439. The summed E-state index contributed by atoms with van der Waals surface area (Å²) in [5.74, 6) is -0.828. The molecule has 2 aromatic carbocycles. The van der Waals surface area contributed by atoms with Gasteiger partial charge < -0.3 is 14.8 Å².